The summed E-state index contributed by atoms with van der Waals surface area (Å²) in [5, 5.41) is 8.98. The number of hydrogen-bond acceptors (Lipinski definition) is 3. The Morgan fingerprint density at radius 3 is 2.38 bits per heavy atom. The monoisotopic (exact) mass is 358 g/mol. The molecular weight excluding hydrogens is 343 g/mol. The number of H-pyrrole nitrogens is 1. The van der Waals surface area contributed by atoms with Crippen molar-refractivity contribution in [2.24, 2.45) is 0 Å². The summed E-state index contributed by atoms with van der Waals surface area (Å²) in [5.41, 5.74) is 4.40. The zero-order valence-electron chi connectivity index (χ0n) is 13.0. The lowest BCUT2D eigenvalue weighted by atomic mass is 10.2. The quantitative estimate of drug-likeness (QED) is 0.665. The predicted octanol–water partition coefficient (Wildman–Crippen LogP) is 4.39. The van der Waals surface area contributed by atoms with Gasteiger partial charge in [-0.1, -0.05) is 0 Å². The standard InChI is InChI=1S/C18H16Cl2N4/c19-7-9-24(10-8-20)15-4-2-14(3-5-15)18-22-16-6-1-13(12-21)11-17(16)23-18/h1-6,11H,7-10H2,(H,22,23). The minimum Gasteiger partial charge on any atom is -0.369 e. The molecule has 0 aliphatic rings. The van der Waals surface area contributed by atoms with E-state index in [0.717, 1.165) is 41.2 Å². The molecule has 24 heavy (non-hydrogen) atoms. The van der Waals surface area contributed by atoms with E-state index in [2.05, 4.69) is 20.9 Å². The van der Waals surface area contributed by atoms with Crippen molar-refractivity contribution in [3.8, 4) is 17.5 Å². The molecule has 1 aromatic heterocycles. The Bertz CT molecular complexity index is 859. The number of halogens is 2. The van der Waals surface area contributed by atoms with Gasteiger partial charge in [0, 0.05) is 36.1 Å². The minimum atomic E-state index is 0.559. The zero-order chi connectivity index (χ0) is 16.9. The lowest BCUT2D eigenvalue weighted by Gasteiger charge is -2.22. The highest BCUT2D eigenvalue weighted by Crippen LogP contribution is 2.24. The van der Waals surface area contributed by atoms with Crippen LogP contribution >= 0.6 is 23.2 Å². The van der Waals surface area contributed by atoms with E-state index < -0.39 is 0 Å². The Morgan fingerprint density at radius 2 is 1.75 bits per heavy atom. The van der Waals surface area contributed by atoms with E-state index in [0.29, 0.717) is 17.3 Å². The van der Waals surface area contributed by atoms with Crippen LogP contribution in [0.3, 0.4) is 0 Å². The van der Waals surface area contributed by atoms with Gasteiger partial charge in [0.1, 0.15) is 5.82 Å². The molecule has 4 nitrogen and oxygen atoms in total. The van der Waals surface area contributed by atoms with E-state index in [1.165, 1.54) is 0 Å². The number of imidazole rings is 1. The molecule has 0 bridgehead atoms. The van der Waals surface area contributed by atoms with Crippen molar-refractivity contribution in [1.29, 1.82) is 5.26 Å². The average molecular weight is 359 g/mol. The van der Waals surface area contributed by atoms with Gasteiger partial charge in [-0.15, -0.1) is 23.2 Å². The number of fused-ring (bicyclic) bond motifs is 1. The molecule has 0 spiro atoms. The van der Waals surface area contributed by atoms with E-state index in [1.54, 1.807) is 6.07 Å². The van der Waals surface area contributed by atoms with Crippen molar-refractivity contribution in [3.63, 3.8) is 0 Å². The van der Waals surface area contributed by atoms with Gasteiger partial charge in [-0.2, -0.15) is 5.26 Å². The van der Waals surface area contributed by atoms with E-state index in [9.17, 15) is 0 Å². The van der Waals surface area contributed by atoms with Gasteiger partial charge < -0.3 is 9.88 Å². The highest BCUT2D eigenvalue weighted by Gasteiger charge is 2.09. The van der Waals surface area contributed by atoms with Crippen molar-refractivity contribution in [3.05, 3.63) is 48.0 Å². The summed E-state index contributed by atoms with van der Waals surface area (Å²) in [7, 11) is 0. The topological polar surface area (TPSA) is 55.7 Å². The minimum absolute atomic E-state index is 0.559. The summed E-state index contributed by atoms with van der Waals surface area (Å²) in [4.78, 5) is 10.0. The molecule has 6 heteroatoms. The van der Waals surface area contributed by atoms with Gasteiger partial charge in [0.25, 0.3) is 0 Å². The highest BCUT2D eigenvalue weighted by molar-refractivity contribution is 6.18. The molecule has 2 aromatic carbocycles. The second kappa shape index (κ2) is 7.57. The Kier molecular flexibility index (Phi) is 5.24. The number of nitrogens with one attached hydrogen (secondary N) is 1. The van der Waals surface area contributed by atoms with Crippen LogP contribution in [0.2, 0.25) is 0 Å². The molecule has 3 rings (SSSR count). The molecule has 0 aliphatic heterocycles. The molecule has 0 saturated carbocycles. The fourth-order valence-electron chi connectivity index (χ4n) is 2.62. The summed E-state index contributed by atoms with van der Waals surface area (Å²) < 4.78 is 0. The molecule has 0 aliphatic carbocycles. The molecular formula is C18H16Cl2N4. The van der Waals surface area contributed by atoms with Gasteiger partial charge in [0.05, 0.1) is 22.7 Å². The molecule has 122 valence electrons. The van der Waals surface area contributed by atoms with Crippen LogP contribution in [0.5, 0.6) is 0 Å². The molecule has 1 N–H and O–H groups in total. The van der Waals surface area contributed by atoms with Crippen molar-refractivity contribution in [2.45, 2.75) is 0 Å². The highest BCUT2D eigenvalue weighted by atomic mass is 35.5. The number of hydrogen-bond donors (Lipinski definition) is 1. The van der Waals surface area contributed by atoms with Crippen LogP contribution in [0.15, 0.2) is 42.5 Å². The molecule has 0 amide bonds. The van der Waals surface area contributed by atoms with Crippen molar-refractivity contribution in [2.75, 3.05) is 29.7 Å². The fourth-order valence-corrected chi connectivity index (χ4v) is 3.03. The first-order chi connectivity index (χ1) is 11.7. The van der Waals surface area contributed by atoms with Crippen molar-refractivity contribution < 1.29 is 0 Å². The van der Waals surface area contributed by atoms with E-state index in [-0.39, 0.29) is 0 Å². The third-order valence-corrected chi connectivity index (χ3v) is 4.16. The average Bonchev–Trinajstić information content (AvgIpc) is 3.04. The number of alkyl halides is 2. The van der Waals surface area contributed by atoms with Gasteiger partial charge in [-0.25, -0.2) is 4.98 Å². The maximum Gasteiger partial charge on any atom is 0.138 e. The number of nitrogens with zero attached hydrogens (tertiary/aromatic N) is 3. The molecule has 0 atom stereocenters. The van der Waals surface area contributed by atoms with Gasteiger partial charge in [0.15, 0.2) is 0 Å². The van der Waals surface area contributed by atoms with E-state index >= 15 is 0 Å². The Labute approximate surface area is 150 Å². The van der Waals surface area contributed by atoms with Gasteiger partial charge in [0.2, 0.25) is 0 Å². The summed E-state index contributed by atoms with van der Waals surface area (Å²) >= 11 is 11.7. The normalized spacial score (nSPS) is 10.7. The van der Waals surface area contributed by atoms with Crippen LogP contribution in [0.4, 0.5) is 5.69 Å². The van der Waals surface area contributed by atoms with Crippen LogP contribution in [-0.2, 0) is 0 Å². The molecule has 1 heterocycles. The second-order valence-corrected chi connectivity index (χ2v) is 6.10. The number of rotatable bonds is 6. The van der Waals surface area contributed by atoms with E-state index in [1.807, 2.05) is 36.4 Å². The number of anilines is 1. The lowest BCUT2D eigenvalue weighted by Crippen LogP contribution is -2.27. The van der Waals surface area contributed by atoms with Crippen LogP contribution in [-0.4, -0.2) is 34.8 Å². The van der Waals surface area contributed by atoms with Crippen molar-refractivity contribution in [1.82, 2.24) is 9.97 Å². The van der Waals surface area contributed by atoms with E-state index in [4.69, 9.17) is 28.5 Å². The van der Waals surface area contributed by atoms with Crippen molar-refractivity contribution >= 4 is 39.9 Å². The van der Waals surface area contributed by atoms with Crippen LogP contribution in [0.25, 0.3) is 22.4 Å². The molecule has 0 unspecified atom stereocenters. The summed E-state index contributed by atoms with van der Waals surface area (Å²) in [5.74, 6) is 1.90. The molecule has 0 fully saturated rings. The SMILES string of the molecule is N#Cc1ccc2nc(-c3ccc(N(CCCl)CCCl)cc3)[nH]c2c1. The first-order valence-electron chi connectivity index (χ1n) is 7.62. The summed E-state index contributed by atoms with van der Waals surface area (Å²) in [6.07, 6.45) is 0. The molecule has 3 aromatic rings. The predicted molar refractivity (Wildman–Crippen MR) is 99.9 cm³/mol. The number of aromatic nitrogens is 2. The molecule has 0 radical (unpaired) electrons. The maximum absolute atomic E-state index is 8.98. The van der Waals surface area contributed by atoms with Gasteiger partial charge in [-0.3, -0.25) is 0 Å². The number of aromatic amines is 1. The lowest BCUT2D eigenvalue weighted by molar-refractivity contribution is 0.874. The fraction of sp³-hybridized carbons (Fsp3) is 0.222. The number of nitriles is 1. The largest absolute Gasteiger partial charge is 0.369 e. The van der Waals surface area contributed by atoms with Gasteiger partial charge in [-0.05, 0) is 42.5 Å². The first-order valence-corrected chi connectivity index (χ1v) is 8.69. The Hall–Kier alpha value is -2.22. The third kappa shape index (κ3) is 3.48. The molecule has 0 saturated heterocycles. The Balaban J connectivity index is 1.89. The second-order valence-electron chi connectivity index (χ2n) is 5.34. The summed E-state index contributed by atoms with van der Waals surface area (Å²) in [6, 6.07) is 15.7. The van der Waals surface area contributed by atoms with Crippen LogP contribution < -0.4 is 4.90 Å². The number of benzene rings is 2. The third-order valence-electron chi connectivity index (χ3n) is 3.83. The van der Waals surface area contributed by atoms with Crippen LogP contribution in [0.1, 0.15) is 5.56 Å². The zero-order valence-corrected chi connectivity index (χ0v) is 14.5. The maximum atomic E-state index is 8.98. The smallest absolute Gasteiger partial charge is 0.138 e. The Morgan fingerprint density at radius 1 is 1.04 bits per heavy atom. The van der Waals surface area contributed by atoms with Gasteiger partial charge >= 0.3 is 0 Å². The van der Waals surface area contributed by atoms with Crippen LogP contribution in [0, 0.1) is 11.3 Å². The first kappa shape index (κ1) is 16.6. The summed E-state index contributed by atoms with van der Waals surface area (Å²) in [6.45, 7) is 1.52.